The average Bonchev–Trinajstić information content (AvgIpc) is 3.04. The topological polar surface area (TPSA) is 65.5 Å². The molecule has 1 heterocycles. The van der Waals surface area contributed by atoms with Crippen molar-refractivity contribution < 1.29 is 9.18 Å². The number of hydrogen-bond acceptors (Lipinski definition) is 3. The molecule has 0 unspecified atom stereocenters. The number of urea groups is 1. The summed E-state index contributed by atoms with van der Waals surface area (Å²) in [4.78, 5) is 16.3. The highest BCUT2D eigenvalue weighted by Gasteiger charge is 2.09. The standard InChI is InChI=1S/C16H15FN4O/c17-12-4-6-13(7-5-12)20-16(22)21-14-3-1-2-11(10-14)15-18-8-9-19-15/h1-7,10H,8-9H2,(H,18,19)(H2,20,21,22). The summed E-state index contributed by atoms with van der Waals surface area (Å²) in [6, 6.07) is 12.6. The van der Waals surface area contributed by atoms with E-state index in [1.807, 2.05) is 18.2 Å². The van der Waals surface area contributed by atoms with Crippen molar-refractivity contribution in [1.29, 1.82) is 0 Å². The molecule has 0 bridgehead atoms. The van der Waals surface area contributed by atoms with Gasteiger partial charge in [0.05, 0.1) is 6.54 Å². The smallest absolute Gasteiger partial charge is 0.323 e. The van der Waals surface area contributed by atoms with Gasteiger partial charge in [-0.25, -0.2) is 9.18 Å². The summed E-state index contributed by atoms with van der Waals surface area (Å²) in [5.74, 6) is 0.492. The van der Waals surface area contributed by atoms with E-state index in [1.54, 1.807) is 6.07 Å². The molecule has 5 nitrogen and oxygen atoms in total. The lowest BCUT2D eigenvalue weighted by molar-refractivity contribution is 0.262. The van der Waals surface area contributed by atoms with Gasteiger partial charge in [-0.1, -0.05) is 12.1 Å². The minimum absolute atomic E-state index is 0.344. The average molecular weight is 298 g/mol. The molecular weight excluding hydrogens is 283 g/mol. The molecule has 2 aromatic carbocycles. The summed E-state index contributed by atoms with van der Waals surface area (Å²) >= 11 is 0. The molecule has 0 radical (unpaired) electrons. The third kappa shape index (κ3) is 3.41. The summed E-state index contributed by atoms with van der Waals surface area (Å²) in [7, 11) is 0. The molecule has 112 valence electrons. The lowest BCUT2D eigenvalue weighted by Crippen LogP contribution is -2.21. The maximum atomic E-state index is 12.8. The van der Waals surface area contributed by atoms with Crippen LogP contribution in [0, 0.1) is 5.82 Å². The van der Waals surface area contributed by atoms with Gasteiger partial charge in [0, 0.05) is 23.5 Å². The van der Waals surface area contributed by atoms with Crippen molar-refractivity contribution in [2.75, 3.05) is 23.7 Å². The van der Waals surface area contributed by atoms with E-state index in [0.29, 0.717) is 11.4 Å². The lowest BCUT2D eigenvalue weighted by atomic mass is 10.2. The fourth-order valence-corrected chi connectivity index (χ4v) is 2.16. The van der Waals surface area contributed by atoms with E-state index in [4.69, 9.17) is 0 Å². The van der Waals surface area contributed by atoms with Crippen LogP contribution < -0.4 is 16.0 Å². The molecular formula is C16H15FN4O. The molecule has 2 amide bonds. The fraction of sp³-hybridized carbons (Fsp3) is 0.125. The molecule has 2 aromatic rings. The molecule has 0 aromatic heterocycles. The summed E-state index contributed by atoms with van der Waals surface area (Å²) < 4.78 is 12.8. The first kappa shape index (κ1) is 14.1. The van der Waals surface area contributed by atoms with Gasteiger partial charge in [0.1, 0.15) is 11.7 Å². The second-order valence-corrected chi connectivity index (χ2v) is 4.82. The Labute approximate surface area is 127 Å². The zero-order valence-corrected chi connectivity index (χ0v) is 11.8. The number of nitrogens with one attached hydrogen (secondary N) is 3. The zero-order chi connectivity index (χ0) is 15.4. The summed E-state index contributed by atoms with van der Waals surface area (Å²) in [5.41, 5.74) is 2.11. The Kier molecular flexibility index (Phi) is 4.00. The Balaban J connectivity index is 1.66. The Morgan fingerprint density at radius 2 is 1.86 bits per heavy atom. The number of halogens is 1. The molecule has 6 heteroatoms. The van der Waals surface area contributed by atoms with Crippen LogP contribution in [0.1, 0.15) is 5.56 Å². The Morgan fingerprint density at radius 3 is 2.59 bits per heavy atom. The van der Waals surface area contributed by atoms with Gasteiger partial charge in [0.15, 0.2) is 0 Å². The van der Waals surface area contributed by atoms with Crippen molar-refractivity contribution in [2.24, 2.45) is 4.99 Å². The van der Waals surface area contributed by atoms with Gasteiger partial charge < -0.3 is 16.0 Å². The summed E-state index contributed by atoms with van der Waals surface area (Å²) in [6.07, 6.45) is 0. The van der Waals surface area contributed by atoms with E-state index in [-0.39, 0.29) is 11.8 Å². The van der Waals surface area contributed by atoms with Crippen LogP contribution in [0.15, 0.2) is 53.5 Å². The Hall–Kier alpha value is -2.89. The van der Waals surface area contributed by atoms with E-state index in [9.17, 15) is 9.18 Å². The van der Waals surface area contributed by atoms with Crippen LogP contribution in [0.2, 0.25) is 0 Å². The quantitative estimate of drug-likeness (QED) is 0.816. The number of carbonyl (C=O) groups is 1. The SMILES string of the molecule is O=C(Nc1ccc(F)cc1)Nc1cccc(C2=NCCN2)c1. The number of nitrogens with zero attached hydrogens (tertiary/aromatic N) is 1. The number of benzene rings is 2. The maximum Gasteiger partial charge on any atom is 0.323 e. The van der Waals surface area contributed by atoms with Gasteiger partial charge in [0.2, 0.25) is 0 Å². The van der Waals surface area contributed by atoms with Crippen LogP contribution in [0.25, 0.3) is 0 Å². The first-order chi connectivity index (χ1) is 10.7. The number of rotatable bonds is 3. The third-order valence-electron chi connectivity index (χ3n) is 3.17. The van der Waals surface area contributed by atoms with E-state index in [2.05, 4.69) is 20.9 Å². The van der Waals surface area contributed by atoms with Crippen LogP contribution in [-0.2, 0) is 0 Å². The predicted octanol–water partition coefficient (Wildman–Crippen LogP) is 2.82. The Morgan fingerprint density at radius 1 is 1.09 bits per heavy atom. The van der Waals surface area contributed by atoms with Gasteiger partial charge in [0.25, 0.3) is 0 Å². The van der Waals surface area contributed by atoms with Gasteiger partial charge in [-0.05, 0) is 36.4 Å². The first-order valence-electron chi connectivity index (χ1n) is 6.93. The van der Waals surface area contributed by atoms with Crippen LogP contribution >= 0.6 is 0 Å². The molecule has 3 N–H and O–H groups in total. The normalized spacial score (nSPS) is 13.2. The van der Waals surface area contributed by atoms with E-state index < -0.39 is 0 Å². The van der Waals surface area contributed by atoms with Crippen LogP contribution in [0.5, 0.6) is 0 Å². The van der Waals surface area contributed by atoms with Crippen molar-refractivity contribution >= 4 is 23.2 Å². The van der Waals surface area contributed by atoms with Crippen molar-refractivity contribution in [3.8, 4) is 0 Å². The van der Waals surface area contributed by atoms with Crippen LogP contribution in [0.3, 0.4) is 0 Å². The Bertz CT molecular complexity index is 712. The van der Waals surface area contributed by atoms with Gasteiger partial charge in [-0.3, -0.25) is 4.99 Å². The van der Waals surface area contributed by atoms with Crippen molar-refractivity contribution in [3.05, 3.63) is 59.9 Å². The molecule has 22 heavy (non-hydrogen) atoms. The molecule has 0 atom stereocenters. The largest absolute Gasteiger partial charge is 0.368 e. The molecule has 0 saturated carbocycles. The zero-order valence-electron chi connectivity index (χ0n) is 11.8. The molecule has 1 aliphatic heterocycles. The first-order valence-corrected chi connectivity index (χ1v) is 6.93. The van der Waals surface area contributed by atoms with E-state index in [1.165, 1.54) is 24.3 Å². The number of amides is 2. The maximum absolute atomic E-state index is 12.8. The monoisotopic (exact) mass is 298 g/mol. The highest BCUT2D eigenvalue weighted by Crippen LogP contribution is 2.13. The number of hydrogen-bond donors (Lipinski definition) is 3. The number of anilines is 2. The molecule has 3 rings (SSSR count). The highest BCUT2D eigenvalue weighted by atomic mass is 19.1. The molecule has 0 aliphatic carbocycles. The fourth-order valence-electron chi connectivity index (χ4n) is 2.16. The van der Waals surface area contributed by atoms with Crippen molar-refractivity contribution in [3.63, 3.8) is 0 Å². The van der Waals surface area contributed by atoms with E-state index >= 15 is 0 Å². The van der Waals surface area contributed by atoms with Gasteiger partial charge in [-0.2, -0.15) is 0 Å². The molecule has 0 spiro atoms. The minimum atomic E-state index is -0.384. The van der Waals surface area contributed by atoms with Gasteiger partial charge >= 0.3 is 6.03 Å². The summed E-state index contributed by atoms with van der Waals surface area (Å²) in [5, 5.41) is 8.57. The minimum Gasteiger partial charge on any atom is -0.368 e. The molecule has 1 aliphatic rings. The van der Waals surface area contributed by atoms with Gasteiger partial charge in [-0.15, -0.1) is 0 Å². The lowest BCUT2D eigenvalue weighted by Gasteiger charge is -2.09. The van der Waals surface area contributed by atoms with Crippen LogP contribution in [0.4, 0.5) is 20.6 Å². The second-order valence-electron chi connectivity index (χ2n) is 4.82. The molecule has 0 saturated heterocycles. The third-order valence-corrected chi connectivity index (χ3v) is 3.17. The number of aliphatic imine (C=N–C) groups is 1. The van der Waals surface area contributed by atoms with E-state index in [0.717, 1.165) is 24.5 Å². The van der Waals surface area contributed by atoms with Crippen molar-refractivity contribution in [1.82, 2.24) is 5.32 Å². The molecule has 0 fully saturated rings. The summed E-state index contributed by atoms with van der Waals surface area (Å²) in [6.45, 7) is 1.59. The highest BCUT2D eigenvalue weighted by molar-refractivity contribution is 6.03. The number of carbonyl (C=O) groups excluding carboxylic acids is 1. The number of amidine groups is 1. The van der Waals surface area contributed by atoms with Crippen molar-refractivity contribution in [2.45, 2.75) is 0 Å². The second kappa shape index (κ2) is 6.26. The van der Waals surface area contributed by atoms with Crippen LogP contribution in [-0.4, -0.2) is 25.0 Å². The predicted molar refractivity (Wildman–Crippen MR) is 84.9 cm³/mol.